The van der Waals surface area contributed by atoms with Crippen molar-refractivity contribution in [2.45, 2.75) is 25.3 Å². The van der Waals surface area contributed by atoms with Crippen molar-refractivity contribution < 1.29 is 9.26 Å². The van der Waals surface area contributed by atoms with Gasteiger partial charge in [0.1, 0.15) is 17.2 Å². The Hall–Kier alpha value is -1.81. The summed E-state index contributed by atoms with van der Waals surface area (Å²) in [5.74, 6) is 1.83. The molecule has 18 heavy (non-hydrogen) atoms. The fraction of sp³-hybridized carbons (Fsp3) is 0.357. The van der Waals surface area contributed by atoms with E-state index in [4.69, 9.17) is 15.0 Å². The normalized spacial score (nSPS) is 18.4. The Morgan fingerprint density at radius 1 is 1.33 bits per heavy atom. The number of rotatable bonds is 2. The van der Waals surface area contributed by atoms with Crippen LogP contribution in [0.3, 0.4) is 0 Å². The fourth-order valence-electron chi connectivity index (χ4n) is 2.41. The van der Waals surface area contributed by atoms with E-state index in [-0.39, 0.29) is 6.04 Å². The molecule has 0 saturated heterocycles. The van der Waals surface area contributed by atoms with Gasteiger partial charge in [-0.25, -0.2) is 0 Å². The quantitative estimate of drug-likeness (QED) is 0.879. The topological polar surface area (TPSA) is 61.3 Å². The Morgan fingerprint density at radius 2 is 2.11 bits per heavy atom. The molecule has 0 radical (unpaired) electrons. The summed E-state index contributed by atoms with van der Waals surface area (Å²) in [6.45, 7) is 0. The lowest BCUT2D eigenvalue weighted by Crippen LogP contribution is -2.27. The number of fused-ring (bicyclic) bond motifs is 1. The molecule has 0 unspecified atom stereocenters. The number of benzene rings is 1. The number of aromatic nitrogens is 1. The summed E-state index contributed by atoms with van der Waals surface area (Å²) >= 11 is 0. The van der Waals surface area contributed by atoms with Crippen LogP contribution in [-0.2, 0) is 12.8 Å². The molecule has 2 N–H and O–H groups in total. The lowest BCUT2D eigenvalue weighted by molar-refractivity contribution is 0.367. The van der Waals surface area contributed by atoms with Crippen LogP contribution in [0.25, 0.3) is 11.3 Å². The van der Waals surface area contributed by atoms with Gasteiger partial charge in [0.2, 0.25) is 0 Å². The number of hydrogen-bond donors (Lipinski definition) is 1. The van der Waals surface area contributed by atoms with Crippen LogP contribution < -0.4 is 10.5 Å². The molecular formula is C14H16N2O2. The third-order valence-corrected chi connectivity index (χ3v) is 3.44. The van der Waals surface area contributed by atoms with Gasteiger partial charge in [-0.1, -0.05) is 5.16 Å². The number of nitrogens with zero attached hydrogens (tertiary/aromatic N) is 1. The summed E-state index contributed by atoms with van der Waals surface area (Å²) in [4.78, 5) is 0. The summed E-state index contributed by atoms with van der Waals surface area (Å²) in [5.41, 5.74) is 9.15. The van der Waals surface area contributed by atoms with E-state index < -0.39 is 0 Å². The average molecular weight is 244 g/mol. The summed E-state index contributed by atoms with van der Waals surface area (Å²) in [5, 5.41) is 4.19. The Bertz CT molecular complexity index is 545. The summed E-state index contributed by atoms with van der Waals surface area (Å²) in [6.07, 6.45) is 2.71. The molecule has 1 heterocycles. The Morgan fingerprint density at radius 3 is 2.83 bits per heavy atom. The Kier molecular flexibility index (Phi) is 2.80. The SMILES string of the molecule is COc1ccc(-c2noc3c2C[C@H](N)CC3)cc1. The maximum Gasteiger partial charge on any atom is 0.140 e. The highest BCUT2D eigenvalue weighted by Crippen LogP contribution is 2.31. The van der Waals surface area contributed by atoms with Crippen molar-refractivity contribution in [3.05, 3.63) is 35.6 Å². The summed E-state index contributed by atoms with van der Waals surface area (Å²) in [7, 11) is 1.66. The second-order valence-corrected chi connectivity index (χ2v) is 4.66. The smallest absolute Gasteiger partial charge is 0.140 e. The highest BCUT2D eigenvalue weighted by atomic mass is 16.5. The monoisotopic (exact) mass is 244 g/mol. The first kappa shape index (κ1) is 11.3. The number of hydrogen-bond acceptors (Lipinski definition) is 4. The maximum atomic E-state index is 6.01. The van der Waals surface area contributed by atoms with Crippen molar-refractivity contribution in [3.8, 4) is 17.0 Å². The van der Waals surface area contributed by atoms with E-state index in [0.29, 0.717) is 0 Å². The third-order valence-electron chi connectivity index (χ3n) is 3.44. The predicted octanol–water partition coefficient (Wildman–Crippen LogP) is 2.17. The number of ether oxygens (including phenoxy) is 1. The minimum Gasteiger partial charge on any atom is -0.497 e. The van der Waals surface area contributed by atoms with Crippen molar-refractivity contribution in [2.75, 3.05) is 7.11 Å². The summed E-state index contributed by atoms with van der Waals surface area (Å²) in [6, 6.07) is 8.07. The Balaban J connectivity index is 1.98. The second-order valence-electron chi connectivity index (χ2n) is 4.66. The van der Waals surface area contributed by atoms with Gasteiger partial charge >= 0.3 is 0 Å². The van der Waals surface area contributed by atoms with Crippen molar-refractivity contribution in [1.29, 1.82) is 0 Å². The van der Waals surface area contributed by atoms with E-state index in [0.717, 1.165) is 42.0 Å². The standard InChI is InChI=1S/C14H16N2O2/c1-17-11-5-2-9(3-6-11)14-12-8-10(15)4-7-13(12)18-16-14/h2-3,5-6,10H,4,7-8,15H2,1H3/t10-/m1/s1. The van der Waals surface area contributed by atoms with Gasteiger partial charge in [0.05, 0.1) is 7.11 Å². The van der Waals surface area contributed by atoms with Crippen LogP contribution in [0.1, 0.15) is 17.7 Å². The molecule has 2 aromatic rings. The first-order chi connectivity index (χ1) is 8.78. The number of nitrogens with two attached hydrogens (primary N) is 1. The highest BCUT2D eigenvalue weighted by Gasteiger charge is 2.24. The molecule has 0 fully saturated rings. The van der Waals surface area contributed by atoms with E-state index >= 15 is 0 Å². The van der Waals surface area contributed by atoms with Crippen LogP contribution in [0.5, 0.6) is 5.75 Å². The molecule has 1 aliphatic rings. The van der Waals surface area contributed by atoms with Crippen LogP contribution in [0.4, 0.5) is 0 Å². The largest absolute Gasteiger partial charge is 0.497 e. The van der Waals surface area contributed by atoms with Gasteiger partial charge in [0.15, 0.2) is 0 Å². The maximum absolute atomic E-state index is 6.01. The molecule has 4 heteroatoms. The lowest BCUT2D eigenvalue weighted by atomic mass is 9.91. The van der Waals surface area contributed by atoms with E-state index in [1.54, 1.807) is 7.11 Å². The molecule has 0 spiro atoms. The van der Waals surface area contributed by atoms with Crippen molar-refractivity contribution in [3.63, 3.8) is 0 Å². The summed E-state index contributed by atoms with van der Waals surface area (Å²) < 4.78 is 10.6. The van der Waals surface area contributed by atoms with Crippen LogP contribution in [0.15, 0.2) is 28.8 Å². The van der Waals surface area contributed by atoms with Crippen molar-refractivity contribution in [1.82, 2.24) is 5.16 Å². The van der Waals surface area contributed by atoms with E-state index in [1.807, 2.05) is 24.3 Å². The highest BCUT2D eigenvalue weighted by molar-refractivity contribution is 5.64. The lowest BCUT2D eigenvalue weighted by Gasteiger charge is -2.16. The molecule has 0 amide bonds. The molecule has 3 rings (SSSR count). The van der Waals surface area contributed by atoms with Crippen LogP contribution in [-0.4, -0.2) is 18.3 Å². The molecule has 1 aromatic heterocycles. The zero-order valence-corrected chi connectivity index (χ0v) is 10.3. The molecule has 0 bridgehead atoms. The first-order valence-corrected chi connectivity index (χ1v) is 6.15. The van der Waals surface area contributed by atoms with Gasteiger partial charge in [0, 0.05) is 23.6 Å². The second kappa shape index (κ2) is 4.46. The first-order valence-electron chi connectivity index (χ1n) is 6.15. The van der Waals surface area contributed by atoms with Gasteiger partial charge in [-0.05, 0) is 37.1 Å². The minimum absolute atomic E-state index is 0.217. The van der Waals surface area contributed by atoms with Crippen molar-refractivity contribution >= 4 is 0 Å². The van der Waals surface area contributed by atoms with E-state index in [9.17, 15) is 0 Å². The van der Waals surface area contributed by atoms with E-state index in [2.05, 4.69) is 5.16 Å². The minimum atomic E-state index is 0.217. The average Bonchev–Trinajstić information content (AvgIpc) is 2.82. The molecule has 0 aliphatic heterocycles. The predicted molar refractivity (Wildman–Crippen MR) is 68.5 cm³/mol. The third kappa shape index (κ3) is 1.88. The molecule has 1 atom stereocenters. The van der Waals surface area contributed by atoms with Gasteiger partial charge in [-0.3, -0.25) is 0 Å². The molecule has 4 nitrogen and oxygen atoms in total. The molecule has 1 aliphatic carbocycles. The number of methoxy groups -OCH3 is 1. The zero-order valence-electron chi connectivity index (χ0n) is 10.3. The molecule has 1 aromatic carbocycles. The molecular weight excluding hydrogens is 228 g/mol. The molecule has 94 valence electrons. The molecule has 0 saturated carbocycles. The van der Waals surface area contributed by atoms with E-state index in [1.165, 1.54) is 5.56 Å². The van der Waals surface area contributed by atoms with Crippen LogP contribution in [0.2, 0.25) is 0 Å². The fourth-order valence-corrected chi connectivity index (χ4v) is 2.41. The van der Waals surface area contributed by atoms with Gasteiger partial charge in [-0.15, -0.1) is 0 Å². The van der Waals surface area contributed by atoms with Crippen LogP contribution >= 0.6 is 0 Å². The number of aryl methyl sites for hydroxylation is 1. The van der Waals surface area contributed by atoms with Gasteiger partial charge < -0.3 is 15.0 Å². The zero-order chi connectivity index (χ0) is 12.5. The van der Waals surface area contributed by atoms with Crippen molar-refractivity contribution in [2.24, 2.45) is 5.73 Å². The van der Waals surface area contributed by atoms with Gasteiger partial charge in [-0.2, -0.15) is 0 Å². The Labute approximate surface area is 106 Å². The van der Waals surface area contributed by atoms with Crippen LogP contribution in [0, 0.1) is 0 Å². The van der Waals surface area contributed by atoms with Gasteiger partial charge in [0.25, 0.3) is 0 Å².